The molecule has 2 fully saturated rings. The first-order valence-electron chi connectivity index (χ1n) is 15.1. The van der Waals surface area contributed by atoms with Gasteiger partial charge in [0.1, 0.15) is 0 Å². The van der Waals surface area contributed by atoms with Gasteiger partial charge in [0.25, 0.3) is 0 Å². The second-order valence-electron chi connectivity index (χ2n) is 12.7. The fourth-order valence-corrected chi connectivity index (χ4v) is 3.63. The summed E-state index contributed by atoms with van der Waals surface area (Å²) in [6.45, 7) is 30.6. The van der Waals surface area contributed by atoms with Gasteiger partial charge in [0.15, 0.2) is 0 Å². The Bertz CT molecular complexity index is 483. The lowest BCUT2D eigenvalue weighted by atomic mass is 10.0. The molecule has 0 N–H and O–H groups in total. The van der Waals surface area contributed by atoms with E-state index < -0.39 is 0 Å². The van der Waals surface area contributed by atoms with Gasteiger partial charge in [-0.2, -0.15) is 0 Å². The molecule has 0 aliphatic carbocycles. The Morgan fingerprint density at radius 1 is 0.694 bits per heavy atom. The number of carbonyl (C=O) groups excluding carboxylic acids is 1. The van der Waals surface area contributed by atoms with Crippen LogP contribution in [0.25, 0.3) is 0 Å². The van der Waals surface area contributed by atoms with Crippen molar-refractivity contribution in [2.45, 2.75) is 107 Å². The van der Waals surface area contributed by atoms with Crippen LogP contribution in [0.4, 0.5) is 0 Å². The Labute approximate surface area is 228 Å². The molecule has 0 aromatic carbocycles. The average molecular weight is 513 g/mol. The average Bonchev–Trinajstić information content (AvgIpc) is 2.81. The lowest BCUT2D eigenvalue weighted by molar-refractivity contribution is -0.133. The van der Waals surface area contributed by atoms with Crippen LogP contribution in [0.1, 0.15) is 101 Å². The number of piperazine rings is 1. The highest BCUT2D eigenvalue weighted by atomic mass is 16.2. The fourth-order valence-electron chi connectivity index (χ4n) is 3.63. The number of likely N-dealkylation sites (tertiary alicyclic amines) is 1. The molecule has 5 nitrogen and oxygen atoms in total. The van der Waals surface area contributed by atoms with Gasteiger partial charge in [0.05, 0.1) is 0 Å². The molecule has 0 aromatic rings. The largest absolute Gasteiger partial charge is 0.343 e. The van der Waals surface area contributed by atoms with Gasteiger partial charge in [-0.1, -0.05) is 82.1 Å². The van der Waals surface area contributed by atoms with Crippen molar-refractivity contribution in [1.82, 2.24) is 19.6 Å². The second kappa shape index (κ2) is 22.3. The summed E-state index contributed by atoms with van der Waals surface area (Å²) < 4.78 is 0. The normalized spacial score (nSPS) is 17.8. The zero-order chi connectivity index (χ0) is 28.3. The fraction of sp³-hybridized carbons (Fsp3) is 0.968. The summed E-state index contributed by atoms with van der Waals surface area (Å²) in [6, 6.07) is 0.465. The van der Waals surface area contributed by atoms with Crippen LogP contribution < -0.4 is 0 Å². The molecule has 0 aromatic heterocycles. The maximum atomic E-state index is 11.8. The van der Waals surface area contributed by atoms with E-state index in [9.17, 15) is 4.79 Å². The first-order chi connectivity index (χ1) is 16.7. The first-order valence-corrected chi connectivity index (χ1v) is 15.1. The molecule has 36 heavy (non-hydrogen) atoms. The number of carbonyl (C=O) groups is 1. The molecule has 0 bridgehead atoms. The van der Waals surface area contributed by atoms with Crippen LogP contribution in [0.5, 0.6) is 0 Å². The SMILES string of the molecule is CC(C)CC(=O)N(C)C1CCN(C)CC1.CC(C)CN1CCN(C)CC1.CCC(C)C.CCC(C)C. The molecule has 0 unspecified atom stereocenters. The van der Waals surface area contributed by atoms with Gasteiger partial charge < -0.3 is 19.6 Å². The summed E-state index contributed by atoms with van der Waals surface area (Å²) in [5.74, 6) is 3.36. The second-order valence-corrected chi connectivity index (χ2v) is 12.7. The van der Waals surface area contributed by atoms with Gasteiger partial charge in [0.2, 0.25) is 5.91 Å². The van der Waals surface area contributed by atoms with Crippen LogP contribution >= 0.6 is 0 Å². The van der Waals surface area contributed by atoms with Gasteiger partial charge in [-0.05, 0) is 63.7 Å². The lowest BCUT2D eigenvalue weighted by Crippen LogP contribution is -2.45. The third kappa shape index (κ3) is 22.5. The van der Waals surface area contributed by atoms with Crippen molar-refractivity contribution in [3.63, 3.8) is 0 Å². The smallest absolute Gasteiger partial charge is 0.222 e. The minimum atomic E-state index is 0.305. The summed E-state index contributed by atoms with van der Waals surface area (Å²) >= 11 is 0. The van der Waals surface area contributed by atoms with E-state index in [-0.39, 0.29) is 0 Å². The number of piperidine rings is 1. The number of amides is 1. The molecular formula is C31H68N4O. The molecule has 2 aliphatic heterocycles. The molecular weight excluding hydrogens is 444 g/mol. The van der Waals surface area contributed by atoms with Gasteiger partial charge in [-0.3, -0.25) is 4.79 Å². The first kappa shape index (κ1) is 37.5. The van der Waals surface area contributed by atoms with Gasteiger partial charge in [0, 0.05) is 52.2 Å². The highest BCUT2D eigenvalue weighted by Crippen LogP contribution is 2.16. The zero-order valence-corrected chi connectivity index (χ0v) is 27.1. The summed E-state index contributed by atoms with van der Waals surface area (Å²) in [4.78, 5) is 21.1. The highest BCUT2D eigenvalue weighted by Gasteiger charge is 2.23. The number of nitrogens with zero attached hydrogens (tertiary/aromatic N) is 4. The summed E-state index contributed by atoms with van der Waals surface area (Å²) in [7, 11) is 6.31. The molecule has 218 valence electrons. The van der Waals surface area contributed by atoms with Crippen molar-refractivity contribution in [2.75, 3.05) is 67.0 Å². The van der Waals surface area contributed by atoms with Crippen LogP contribution in [0.2, 0.25) is 0 Å². The third-order valence-corrected chi connectivity index (χ3v) is 7.06. The van der Waals surface area contributed by atoms with Crippen LogP contribution in [-0.2, 0) is 4.79 Å². The monoisotopic (exact) mass is 513 g/mol. The van der Waals surface area contributed by atoms with E-state index in [2.05, 4.69) is 98.0 Å². The summed E-state index contributed by atoms with van der Waals surface area (Å²) in [6.07, 6.45) is 5.54. The van der Waals surface area contributed by atoms with Crippen LogP contribution in [0.3, 0.4) is 0 Å². The lowest BCUT2D eigenvalue weighted by Gasteiger charge is -2.35. The van der Waals surface area contributed by atoms with Crippen LogP contribution in [-0.4, -0.2) is 98.5 Å². The maximum Gasteiger partial charge on any atom is 0.222 e. The Kier molecular flexibility index (Phi) is 23.3. The topological polar surface area (TPSA) is 30.0 Å². The van der Waals surface area contributed by atoms with Crippen LogP contribution in [0.15, 0.2) is 0 Å². The van der Waals surface area contributed by atoms with Gasteiger partial charge >= 0.3 is 0 Å². The van der Waals surface area contributed by atoms with Crippen molar-refractivity contribution < 1.29 is 4.79 Å². The molecule has 2 saturated heterocycles. The predicted octanol–water partition coefficient (Wildman–Crippen LogP) is 6.58. The minimum Gasteiger partial charge on any atom is -0.343 e. The van der Waals surface area contributed by atoms with E-state index in [1.165, 1.54) is 45.6 Å². The number of rotatable bonds is 7. The predicted molar refractivity (Wildman–Crippen MR) is 162 cm³/mol. The standard InChI is InChI=1S/C12H24N2O.C9H20N2.2C5H12/c1-10(2)9-12(15)14(4)11-5-7-13(3)8-6-11;1-9(2)8-11-6-4-10(3)5-7-11;2*1-4-5(2)3/h10-11H,5-9H2,1-4H3;9H,4-8H2,1-3H3;2*5H,4H2,1-3H3. The quantitative estimate of drug-likeness (QED) is 0.385. The van der Waals surface area contributed by atoms with Crippen molar-refractivity contribution in [3.8, 4) is 0 Å². The Balaban J connectivity index is 0. The van der Waals surface area contributed by atoms with E-state index in [0.717, 1.165) is 43.7 Å². The Morgan fingerprint density at radius 2 is 1.08 bits per heavy atom. The highest BCUT2D eigenvalue weighted by molar-refractivity contribution is 5.76. The summed E-state index contributed by atoms with van der Waals surface area (Å²) in [5.41, 5.74) is 0. The summed E-state index contributed by atoms with van der Waals surface area (Å²) in [5, 5.41) is 0. The minimum absolute atomic E-state index is 0.305. The molecule has 5 heteroatoms. The van der Waals surface area contributed by atoms with Crippen molar-refractivity contribution in [2.24, 2.45) is 23.7 Å². The molecule has 0 spiro atoms. The Hall–Kier alpha value is -0.650. The Morgan fingerprint density at radius 3 is 1.42 bits per heavy atom. The van der Waals surface area contributed by atoms with Crippen molar-refractivity contribution in [3.05, 3.63) is 0 Å². The number of hydrogen-bond donors (Lipinski definition) is 0. The van der Waals surface area contributed by atoms with E-state index >= 15 is 0 Å². The van der Waals surface area contributed by atoms with E-state index in [0.29, 0.717) is 24.3 Å². The number of hydrogen-bond acceptors (Lipinski definition) is 4. The maximum absolute atomic E-state index is 11.8. The van der Waals surface area contributed by atoms with E-state index in [4.69, 9.17) is 0 Å². The van der Waals surface area contributed by atoms with Gasteiger partial charge in [-0.15, -0.1) is 0 Å². The zero-order valence-electron chi connectivity index (χ0n) is 27.1. The van der Waals surface area contributed by atoms with Gasteiger partial charge in [-0.25, -0.2) is 0 Å². The molecule has 2 heterocycles. The molecule has 0 radical (unpaired) electrons. The molecule has 2 aliphatic rings. The van der Waals surface area contributed by atoms with Crippen molar-refractivity contribution in [1.29, 1.82) is 0 Å². The molecule has 2 rings (SSSR count). The molecule has 0 atom stereocenters. The van der Waals surface area contributed by atoms with Crippen molar-refractivity contribution >= 4 is 5.91 Å². The van der Waals surface area contributed by atoms with E-state index in [1.807, 2.05) is 11.9 Å². The molecule has 0 saturated carbocycles. The number of likely N-dealkylation sites (N-methyl/N-ethyl adjacent to an activating group) is 1. The van der Waals surface area contributed by atoms with Crippen LogP contribution in [0, 0.1) is 23.7 Å². The third-order valence-electron chi connectivity index (χ3n) is 7.06. The molecule has 1 amide bonds. The van der Waals surface area contributed by atoms with E-state index in [1.54, 1.807) is 0 Å².